The first kappa shape index (κ1) is 19.8. The average molecular weight is 373 g/mol. The number of nitrogens with zero attached hydrogens (tertiary/aromatic N) is 3. The van der Waals surface area contributed by atoms with Crippen LogP contribution in [-0.4, -0.2) is 76.5 Å². The van der Waals surface area contributed by atoms with Crippen LogP contribution in [0.25, 0.3) is 0 Å². The van der Waals surface area contributed by atoms with Crippen LogP contribution >= 0.6 is 0 Å². The number of hydrogen-bond acceptors (Lipinski definition) is 4. The molecule has 1 saturated heterocycles. The summed E-state index contributed by atoms with van der Waals surface area (Å²) in [4.78, 5) is 30.4. The molecule has 148 valence electrons. The molecule has 1 unspecified atom stereocenters. The van der Waals surface area contributed by atoms with E-state index in [-0.39, 0.29) is 18.5 Å². The molecule has 0 spiro atoms. The van der Waals surface area contributed by atoms with Gasteiger partial charge in [0, 0.05) is 38.8 Å². The lowest BCUT2D eigenvalue weighted by molar-refractivity contribution is -0.144. The minimum atomic E-state index is -0.852. The second-order valence-corrected chi connectivity index (χ2v) is 7.85. The Kier molecular flexibility index (Phi) is 6.50. The molecule has 27 heavy (non-hydrogen) atoms. The molecule has 0 bridgehead atoms. The molecule has 6 nitrogen and oxygen atoms in total. The number of hydrogen-bond donors (Lipinski definition) is 1. The number of carbonyl (C=O) groups excluding carboxylic acids is 1. The van der Waals surface area contributed by atoms with Crippen LogP contribution in [0.1, 0.15) is 37.3 Å². The zero-order valence-electron chi connectivity index (χ0n) is 16.4. The number of benzene rings is 1. The normalized spacial score (nSPS) is 19.7. The van der Waals surface area contributed by atoms with Gasteiger partial charge in [0.1, 0.15) is 6.04 Å². The lowest BCUT2D eigenvalue weighted by Gasteiger charge is -2.29. The van der Waals surface area contributed by atoms with Crippen molar-refractivity contribution in [1.29, 1.82) is 0 Å². The summed E-state index contributed by atoms with van der Waals surface area (Å²) in [5.74, 6) is -0.789. The fourth-order valence-electron chi connectivity index (χ4n) is 3.79. The highest BCUT2D eigenvalue weighted by Crippen LogP contribution is 2.28. The van der Waals surface area contributed by atoms with E-state index in [2.05, 4.69) is 36.1 Å². The number of aryl methyl sites for hydroxylation is 1. The molecule has 3 rings (SSSR count). The van der Waals surface area contributed by atoms with Gasteiger partial charge in [0.15, 0.2) is 0 Å². The zero-order valence-corrected chi connectivity index (χ0v) is 16.4. The summed E-state index contributed by atoms with van der Waals surface area (Å²) in [6.45, 7) is 8.26. The van der Waals surface area contributed by atoms with Crippen molar-refractivity contribution in [2.24, 2.45) is 0 Å². The topological polar surface area (TPSA) is 64.1 Å². The van der Waals surface area contributed by atoms with Gasteiger partial charge in [0.2, 0.25) is 5.91 Å². The predicted molar refractivity (Wildman–Crippen MR) is 104 cm³/mol. The van der Waals surface area contributed by atoms with Crippen LogP contribution in [-0.2, 0) is 16.1 Å². The number of rotatable bonds is 7. The Bertz CT molecular complexity index is 674. The van der Waals surface area contributed by atoms with Crippen LogP contribution < -0.4 is 0 Å². The van der Waals surface area contributed by atoms with Gasteiger partial charge in [0.25, 0.3) is 0 Å². The molecular formula is C21H31N3O3. The number of amides is 1. The molecule has 2 fully saturated rings. The van der Waals surface area contributed by atoms with E-state index < -0.39 is 12.0 Å². The van der Waals surface area contributed by atoms with E-state index >= 15 is 0 Å². The van der Waals surface area contributed by atoms with Gasteiger partial charge in [-0.1, -0.05) is 24.3 Å². The monoisotopic (exact) mass is 373 g/mol. The van der Waals surface area contributed by atoms with Crippen LogP contribution in [0.2, 0.25) is 0 Å². The molecular weight excluding hydrogens is 342 g/mol. The minimum Gasteiger partial charge on any atom is -0.480 e. The molecule has 0 radical (unpaired) electrons. The molecule has 1 amide bonds. The van der Waals surface area contributed by atoms with Crippen molar-refractivity contribution >= 4 is 11.9 Å². The maximum atomic E-state index is 12.8. The third kappa shape index (κ3) is 5.30. The van der Waals surface area contributed by atoms with Crippen molar-refractivity contribution in [3.05, 3.63) is 35.4 Å². The average Bonchev–Trinajstić information content (AvgIpc) is 3.48. The van der Waals surface area contributed by atoms with Crippen molar-refractivity contribution in [2.75, 3.05) is 32.7 Å². The van der Waals surface area contributed by atoms with Gasteiger partial charge in [0.05, 0.1) is 6.54 Å². The predicted octanol–water partition coefficient (Wildman–Crippen LogP) is 1.97. The number of carboxylic acid groups (broad SMARTS) is 1. The maximum absolute atomic E-state index is 12.8. The first-order valence-electron chi connectivity index (χ1n) is 9.99. The number of carboxylic acids is 1. The van der Waals surface area contributed by atoms with Gasteiger partial charge in [-0.25, -0.2) is 0 Å². The smallest absolute Gasteiger partial charge is 0.320 e. The lowest BCUT2D eigenvalue weighted by Crippen LogP contribution is -2.48. The number of carbonyl (C=O) groups is 2. The van der Waals surface area contributed by atoms with E-state index in [1.165, 1.54) is 11.1 Å². The molecule has 1 aromatic carbocycles. The number of aliphatic carboxylic acids is 1. The highest BCUT2D eigenvalue weighted by atomic mass is 16.4. The van der Waals surface area contributed by atoms with Crippen LogP contribution in [0.4, 0.5) is 0 Å². The Balaban J connectivity index is 1.54. The first-order chi connectivity index (χ1) is 13.0. The summed E-state index contributed by atoms with van der Waals surface area (Å²) in [5, 5.41) is 9.32. The van der Waals surface area contributed by atoms with Gasteiger partial charge in [-0.15, -0.1) is 0 Å². The summed E-state index contributed by atoms with van der Waals surface area (Å²) in [7, 11) is 0. The third-order valence-electron chi connectivity index (χ3n) is 5.79. The van der Waals surface area contributed by atoms with Crippen molar-refractivity contribution in [1.82, 2.24) is 14.7 Å². The largest absolute Gasteiger partial charge is 0.480 e. The molecule has 2 aliphatic rings. The highest BCUT2D eigenvalue weighted by molar-refractivity contribution is 5.80. The minimum absolute atomic E-state index is 0.0627. The van der Waals surface area contributed by atoms with E-state index in [9.17, 15) is 14.7 Å². The van der Waals surface area contributed by atoms with Crippen LogP contribution in [0.15, 0.2) is 24.3 Å². The quantitative estimate of drug-likeness (QED) is 0.792. The molecule has 0 aromatic heterocycles. The fourth-order valence-corrected chi connectivity index (χ4v) is 3.79. The van der Waals surface area contributed by atoms with Crippen LogP contribution in [0.3, 0.4) is 0 Å². The Labute approximate surface area is 161 Å². The van der Waals surface area contributed by atoms with Crippen molar-refractivity contribution in [2.45, 2.75) is 51.7 Å². The summed E-state index contributed by atoms with van der Waals surface area (Å²) >= 11 is 0. The maximum Gasteiger partial charge on any atom is 0.320 e. The molecule has 1 aromatic rings. The van der Waals surface area contributed by atoms with Gasteiger partial charge in [-0.05, 0) is 44.2 Å². The van der Waals surface area contributed by atoms with Crippen LogP contribution in [0, 0.1) is 6.92 Å². The van der Waals surface area contributed by atoms with E-state index in [1.807, 2.05) is 9.80 Å². The summed E-state index contributed by atoms with van der Waals surface area (Å²) in [5.41, 5.74) is 2.64. The van der Waals surface area contributed by atoms with E-state index in [1.54, 1.807) is 6.92 Å². The second-order valence-electron chi connectivity index (χ2n) is 7.85. The Morgan fingerprint density at radius 3 is 2.59 bits per heavy atom. The highest BCUT2D eigenvalue weighted by Gasteiger charge is 2.37. The van der Waals surface area contributed by atoms with Gasteiger partial charge < -0.3 is 10.0 Å². The van der Waals surface area contributed by atoms with Gasteiger partial charge in [-0.2, -0.15) is 0 Å². The Hall–Kier alpha value is -1.92. The van der Waals surface area contributed by atoms with Gasteiger partial charge in [-0.3, -0.25) is 19.4 Å². The Morgan fingerprint density at radius 2 is 1.93 bits per heavy atom. The molecule has 1 saturated carbocycles. The van der Waals surface area contributed by atoms with Crippen LogP contribution in [0.5, 0.6) is 0 Å². The van der Waals surface area contributed by atoms with Crippen molar-refractivity contribution < 1.29 is 14.7 Å². The molecule has 1 aliphatic carbocycles. The molecule has 1 aliphatic heterocycles. The van der Waals surface area contributed by atoms with E-state index in [0.29, 0.717) is 6.54 Å². The van der Waals surface area contributed by atoms with Gasteiger partial charge >= 0.3 is 5.97 Å². The van der Waals surface area contributed by atoms with Crippen molar-refractivity contribution in [3.63, 3.8) is 0 Å². The first-order valence-corrected chi connectivity index (χ1v) is 9.99. The summed E-state index contributed by atoms with van der Waals surface area (Å²) in [6.07, 6.45) is 2.94. The zero-order chi connectivity index (χ0) is 19.4. The molecule has 1 atom stereocenters. The van der Waals surface area contributed by atoms with E-state index in [4.69, 9.17) is 0 Å². The third-order valence-corrected chi connectivity index (χ3v) is 5.79. The molecule has 1 N–H and O–H groups in total. The molecule has 6 heteroatoms. The fraction of sp³-hybridized carbons (Fsp3) is 0.619. The second kappa shape index (κ2) is 8.85. The lowest BCUT2D eigenvalue weighted by atomic mass is 10.1. The Morgan fingerprint density at radius 1 is 1.19 bits per heavy atom. The van der Waals surface area contributed by atoms with Crippen molar-refractivity contribution in [3.8, 4) is 0 Å². The summed E-state index contributed by atoms with van der Waals surface area (Å²) < 4.78 is 0. The summed E-state index contributed by atoms with van der Waals surface area (Å²) in [6, 6.07) is 8.09. The van der Waals surface area contributed by atoms with E-state index in [0.717, 1.165) is 45.4 Å². The SMILES string of the molecule is Cc1ccccc1CN1CCCN(C(=O)CN(C2CC2)C(C)C(=O)O)CC1. The molecule has 1 heterocycles. The standard InChI is InChI=1S/C21H31N3O3/c1-16-6-3-4-7-18(16)14-22-10-5-11-23(13-12-22)20(25)15-24(19-8-9-19)17(2)21(26)27/h3-4,6-7,17,19H,5,8-15H2,1-2H3,(H,26,27).